The Balaban J connectivity index is 0.00000169. The molecular weight excluding hydrogens is 559 g/mol. The largest absolute Gasteiger partial charge is 0.520 e. The van der Waals surface area contributed by atoms with E-state index in [1.165, 1.54) is 5.56 Å². The smallest absolute Gasteiger partial charge is 0.113 e. The van der Waals surface area contributed by atoms with Gasteiger partial charge in [0.15, 0.2) is 0 Å². The van der Waals surface area contributed by atoms with Crippen molar-refractivity contribution in [1.82, 2.24) is 20.3 Å². The van der Waals surface area contributed by atoms with Crippen LogP contribution < -0.4 is 0 Å². The van der Waals surface area contributed by atoms with E-state index in [2.05, 4.69) is 15.4 Å². The summed E-state index contributed by atoms with van der Waals surface area (Å²) >= 11 is 0. The Bertz CT molecular complexity index is 880. The van der Waals surface area contributed by atoms with E-state index in [1.807, 2.05) is 42.8 Å². The van der Waals surface area contributed by atoms with Crippen LogP contribution in [0.3, 0.4) is 0 Å². The number of fused-ring (bicyclic) bond motifs is 2. The third-order valence-electron chi connectivity index (χ3n) is 4.34. The molecule has 1 amide bonds. The zero-order valence-corrected chi connectivity index (χ0v) is 19.5. The van der Waals surface area contributed by atoms with Crippen LogP contribution >= 0.6 is 0 Å². The molecule has 2 aromatic carbocycles. The van der Waals surface area contributed by atoms with Gasteiger partial charge in [-0.15, -0.1) is 0 Å². The van der Waals surface area contributed by atoms with Crippen LogP contribution in [0.1, 0.15) is 28.4 Å². The summed E-state index contributed by atoms with van der Waals surface area (Å²) in [7, 11) is 0. The average Bonchev–Trinajstić information content (AvgIpc) is 3.07. The maximum atomic E-state index is 10.8. The molecule has 6 nitrogen and oxygen atoms in total. The van der Waals surface area contributed by atoms with Gasteiger partial charge in [0.2, 0.25) is 0 Å². The van der Waals surface area contributed by atoms with E-state index >= 15 is 0 Å². The molecule has 4 rings (SSSR count). The minimum Gasteiger partial charge on any atom is -0.520 e. The Morgan fingerprint density at radius 3 is 2.67 bits per heavy atom. The molecule has 3 aromatic rings. The zero-order chi connectivity index (χ0) is 15.8. The molecule has 0 spiro atoms. The van der Waals surface area contributed by atoms with Gasteiger partial charge >= 0.3 is 0 Å². The number of H-pyrrole nitrogens is 1. The van der Waals surface area contributed by atoms with Gasteiger partial charge in [-0.3, -0.25) is 0 Å². The van der Waals surface area contributed by atoms with Crippen LogP contribution in [0.4, 0.5) is 0 Å². The normalized spacial score (nSPS) is 14.8. The second kappa shape index (κ2) is 5.81. The van der Waals surface area contributed by atoms with Crippen LogP contribution in [0.15, 0.2) is 36.4 Å². The first-order chi connectivity index (χ1) is 11.2. The van der Waals surface area contributed by atoms with E-state index in [1.54, 1.807) is 4.90 Å². The first-order valence-electron chi connectivity index (χ1n) is 7.47. The first-order valence-corrected chi connectivity index (χ1v) is 7.47. The van der Waals surface area contributed by atoms with Gasteiger partial charge in [-0.1, -0.05) is 24.3 Å². The zero-order valence-electron chi connectivity index (χ0n) is 13.1. The van der Waals surface area contributed by atoms with Crippen molar-refractivity contribution in [1.29, 1.82) is 0 Å². The average molecular weight is 574 g/mol. The van der Waals surface area contributed by atoms with Crippen molar-refractivity contribution in [3.63, 3.8) is 0 Å². The molecule has 1 unspecified atom stereocenters. The van der Waals surface area contributed by atoms with Gasteiger partial charge in [0, 0.05) is 6.54 Å². The van der Waals surface area contributed by atoms with Crippen LogP contribution in [-0.2, 0) is 17.8 Å². The fraction of sp³-hybridized carbons (Fsp3) is 0.235. The predicted octanol–water partition coefficient (Wildman–Crippen LogP) is 1.46. The topological polar surface area (TPSA) is 82.1 Å². The van der Waals surface area contributed by atoms with Crippen molar-refractivity contribution in [2.45, 2.75) is 19.1 Å². The Hall–Kier alpha value is -3.73. The van der Waals surface area contributed by atoms with Crippen LogP contribution in [0, 0.1) is 0 Å². The van der Waals surface area contributed by atoms with Gasteiger partial charge < -0.3 is 14.8 Å². The number of carbonyl (C=O) groups excluding carboxylic acids is 1. The molecule has 0 saturated heterocycles. The SMILES string of the molecule is O=[C-]N1CCc2ccc(C(O)c3ccc4n[nH]nc4c3)cc2C1.[Rf]. The minimum absolute atomic E-state index is 0. The van der Waals surface area contributed by atoms with Gasteiger partial charge in [0.05, 0.1) is 0 Å². The summed E-state index contributed by atoms with van der Waals surface area (Å²) in [4.78, 5) is 12.5. The molecule has 2 N–H and O–H groups in total. The summed E-state index contributed by atoms with van der Waals surface area (Å²) in [6.07, 6.45) is 2.03. The third-order valence-corrected chi connectivity index (χ3v) is 4.34. The van der Waals surface area contributed by atoms with Gasteiger partial charge in [0.1, 0.15) is 17.1 Å². The summed E-state index contributed by atoms with van der Waals surface area (Å²) < 4.78 is 0. The summed E-state index contributed by atoms with van der Waals surface area (Å²) in [5, 5.41) is 21.3. The molecule has 1 aromatic heterocycles. The summed E-state index contributed by atoms with van der Waals surface area (Å²) in [5.74, 6) is 0. The Labute approximate surface area is 132 Å². The van der Waals surface area contributed by atoms with Crippen LogP contribution in [0.5, 0.6) is 0 Å². The third kappa shape index (κ3) is 2.44. The van der Waals surface area contributed by atoms with Crippen molar-refractivity contribution in [3.8, 4) is 0 Å². The number of hydrogen-bond acceptors (Lipinski definition) is 4. The number of aromatic amines is 1. The van der Waals surface area contributed by atoms with E-state index in [4.69, 9.17) is 0 Å². The van der Waals surface area contributed by atoms with Gasteiger partial charge in [0.25, 0.3) is 0 Å². The van der Waals surface area contributed by atoms with Crippen molar-refractivity contribution in [2.75, 3.05) is 6.54 Å². The second-order valence-corrected chi connectivity index (χ2v) is 5.77. The minimum atomic E-state index is -0.739. The number of aromatic nitrogens is 3. The van der Waals surface area contributed by atoms with Crippen LogP contribution in [0.25, 0.3) is 11.0 Å². The fourth-order valence-corrected chi connectivity index (χ4v) is 3.04. The molecule has 118 valence electrons. The van der Waals surface area contributed by atoms with Gasteiger partial charge in [-0.25, -0.2) is 0 Å². The van der Waals surface area contributed by atoms with Crippen molar-refractivity contribution >= 4 is 17.4 Å². The van der Waals surface area contributed by atoms with Crippen molar-refractivity contribution in [2.24, 2.45) is 0 Å². The quantitative estimate of drug-likeness (QED) is 0.465. The fourth-order valence-electron chi connectivity index (χ4n) is 3.04. The van der Waals surface area contributed by atoms with Gasteiger partial charge in [-0.2, -0.15) is 21.8 Å². The van der Waals surface area contributed by atoms with E-state index in [9.17, 15) is 9.90 Å². The Kier molecular flexibility index (Phi) is 3.67. The van der Waals surface area contributed by atoms with E-state index < -0.39 is 6.10 Å². The van der Waals surface area contributed by atoms with Gasteiger partial charge in [-0.05, 0) is 47.4 Å². The summed E-state index contributed by atoms with van der Waals surface area (Å²) in [6, 6.07) is 11.5. The van der Waals surface area contributed by atoms with E-state index in [0.717, 1.165) is 34.1 Å². The van der Waals surface area contributed by atoms with Crippen molar-refractivity contribution in [3.05, 3.63) is 58.7 Å². The molecule has 1 atom stereocenters. The van der Waals surface area contributed by atoms with E-state index in [0.29, 0.717) is 13.1 Å². The summed E-state index contributed by atoms with van der Waals surface area (Å²) in [6.45, 7) is 1.24. The molecule has 0 saturated carbocycles. The number of rotatable bonds is 3. The maximum Gasteiger partial charge on any atom is 0.113 e. The number of aliphatic hydroxyl groups is 1. The number of nitrogens with one attached hydrogen (secondary N) is 1. The number of benzene rings is 2. The molecule has 1 aliphatic heterocycles. The number of nitrogens with zero attached hydrogens (tertiary/aromatic N) is 3. The molecular formula is C17H15N4O2Rf-. The molecule has 0 bridgehead atoms. The number of hydrogen-bond donors (Lipinski definition) is 2. The maximum absolute atomic E-state index is 10.8. The second-order valence-electron chi connectivity index (χ2n) is 5.77. The van der Waals surface area contributed by atoms with Crippen LogP contribution in [0.2, 0.25) is 0 Å². The molecule has 0 aliphatic carbocycles. The Morgan fingerprint density at radius 1 is 1.08 bits per heavy atom. The first kappa shape index (κ1) is 15.2. The molecule has 0 fully saturated rings. The molecule has 24 heavy (non-hydrogen) atoms. The van der Waals surface area contributed by atoms with E-state index in [-0.39, 0.29) is 0 Å². The Morgan fingerprint density at radius 2 is 1.83 bits per heavy atom. The number of amides is 1. The molecule has 2 heterocycles. The molecule has 7 heteroatoms. The van der Waals surface area contributed by atoms with Crippen LogP contribution in [-0.4, -0.2) is 38.4 Å². The molecule has 0 radical (unpaired) electrons. The molecule has 1 aliphatic rings. The summed E-state index contributed by atoms with van der Waals surface area (Å²) in [5.41, 5.74) is 5.35. The number of aliphatic hydroxyl groups excluding tert-OH is 1. The monoisotopic (exact) mass is 574 g/mol. The predicted molar refractivity (Wildman–Crippen MR) is 84.2 cm³/mol. The van der Waals surface area contributed by atoms with Crippen molar-refractivity contribution < 1.29 is 9.90 Å². The standard InChI is InChI=1S/C17H15N4O2.Rf/c22-10-21-6-5-11-1-2-12(7-14(11)9-21)17(23)13-3-4-15-16(8-13)19-20-18-15;/h1-4,7-8,17,23H,5-6,9H2,(H,18,19,20);/q-1;.